The third-order valence-electron chi connectivity index (χ3n) is 2.81. The molecule has 0 fully saturated rings. The van der Waals surface area contributed by atoms with Crippen LogP contribution >= 0.6 is 0 Å². The molecule has 0 radical (unpaired) electrons. The lowest BCUT2D eigenvalue weighted by atomic mass is 10.2. The largest absolute Gasteiger partial charge is 0.489 e. The maximum atomic E-state index is 11.5. The van der Waals surface area contributed by atoms with Crippen LogP contribution in [0.1, 0.15) is 20.3 Å². The Morgan fingerprint density at radius 2 is 2.22 bits per heavy atom. The summed E-state index contributed by atoms with van der Waals surface area (Å²) in [7, 11) is 0. The maximum absolute atomic E-state index is 11.5. The van der Waals surface area contributed by atoms with Crippen LogP contribution in [-0.2, 0) is 9.59 Å². The van der Waals surface area contributed by atoms with Gasteiger partial charge in [0.2, 0.25) is 11.8 Å². The fourth-order valence-electron chi connectivity index (χ4n) is 1.87. The van der Waals surface area contributed by atoms with E-state index in [2.05, 4.69) is 5.32 Å². The zero-order chi connectivity index (χ0) is 13.1. The molecule has 18 heavy (non-hydrogen) atoms. The number of amides is 2. The minimum absolute atomic E-state index is 0.00936. The van der Waals surface area contributed by atoms with E-state index in [9.17, 15) is 9.59 Å². The fraction of sp³-hybridized carbons (Fsp3) is 0.385. The molecule has 0 aliphatic carbocycles. The molecule has 1 aliphatic rings. The molecule has 5 nitrogen and oxygen atoms in total. The summed E-state index contributed by atoms with van der Waals surface area (Å²) < 4.78 is 5.51. The molecule has 0 saturated carbocycles. The second kappa shape index (κ2) is 5.08. The number of nitrogens with zero attached hydrogens (tertiary/aromatic N) is 1. The summed E-state index contributed by atoms with van der Waals surface area (Å²) in [5.74, 6) is 0.574. The van der Waals surface area contributed by atoms with Crippen molar-refractivity contribution in [1.29, 1.82) is 0 Å². The summed E-state index contributed by atoms with van der Waals surface area (Å²) in [6.07, 6.45) is 0.428. The van der Waals surface area contributed by atoms with Gasteiger partial charge in [0.25, 0.3) is 0 Å². The minimum atomic E-state index is -0.0471. The lowest BCUT2D eigenvalue weighted by Gasteiger charge is -2.28. The van der Waals surface area contributed by atoms with Crippen LogP contribution in [0, 0.1) is 0 Å². The van der Waals surface area contributed by atoms with Crippen LogP contribution in [0.25, 0.3) is 0 Å². The third kappa shape index (κ3) is 2.45. The predicted molar refractivity (Wildman–Crippen MR) is 68.9 cm³/mol. The van der Waals surface area contributed by atoms with Crippen LogP contribution in [0.15, 0.2) is 18.2 Å². The molecule has 0 spiro atoms. The summed E-state index contributed by atoms with van der Waals surface area (Å²) in [6.45, 7) is 4.35. The lowest BCUT2D eigenvalue weighted by Crippen LogP contribution is -2.36. The lowest BCUT2D eigenvalue weighted by molar-refractivity contribution is -0.117. The number of benzene rings is 1. The summed E-state index contributed by atoms with van der Waals surface area (Å²) in [5.41, 5.74) is 1.44. The maximum Gasteiger partial charge on any atom is 0.224 e. The zero-order valence-corrected chi connectivity index (χ0v) is 10.5. The van der Waals surface area contributed by atoms with E-state index in [1.54, 1.807) is 30.0 Å². The number of ether oxygens (including phenoxy) is 1. The molecule has 1 N–H and O–H groups in total. The highest BCUT2D eigenvalue weighted by Gasteiger charge is 2.21. The molecule has 0 bridgehead atoms. The van der Waals surface area contributed by atoms with Crippen LogP contribution in [0.3, 0.4) is 0 Å². The van der Waals surface area contributed by atoms with Gasteiger partial charge in [-0.1, -0.05) is 6.92 Å². The summed E-state index contributed by atoms with van der Waals surface area (Å²) in [5, 5.41) is 2.76. The van der Waals surface area contributed by atoms with E-state index in [0.717, 1.165) is 5.69 Å². The van der Waals surface area contributed by atoms with Crippen molar-refractivity contribution in [3.8, 4) is 5.75 Å². The Bertz CT molecular complexity index is 485. The highest BCUT2D eigenvalue weighted by molar-refractivity contribution is 5.95. The second-order valence-corrected chi connectivity index (χ2v) is 4.10. The Morgan fingerprint density at radius 3 is 2.89 bits per heavy atom. The number of carbonyl (C=O) groups is 2. The van der Waals surface area contributed by atoms with E-state index in [4.69, 9.17) is 4.74 Å². The number of carbonyl (C=O) groups excluding carboxylic acids is 2. The number of hydrogen-bond acceptors (Lipinski definition) is 3. The van der Waals surface area contributed by atoms with Crippen molar-refractivity contribution in [3.05, 3.63) is 18.2 Å². The summed E-state index contributed by atoms with van der Waals surface area (Å²) in [4.78, 5) is 24.4. The van der Waals surface area contributed by atoms with Crippen LogP contribution in [0.4, 0.5) is 11.4 Å². The topological polar surface area (TPSA) is 58.6 Å². The molecule has 96 valence electrons. The van der Waals surface area contributed by atoms with E-state index < -0.39 is 0 Å². The third-order valence-corrected chi connectivity index (χ3v) is 2.81. The minimum Gasteiger partial charge on any atom is -0.489 e. The van der Waals surface area contributed by atoms with Gasteiger partial charge in [-0.25, -0.2) is 0 Å². The molecule has 5 heteroatoms. The highest BCUT2D eigenvalue weighted by atomic mass is 16.5. The van der Waals surface area contributed by atoms with E-state index in [1.807, 2.05) is 0 Å². The highest BCUT2D eigenvalue weighted by Crippen LogP contribution is 2.34. The Balaban J connectivity index is 2.26. The van der Waals surface area contributed by atoms with E-state index >= 15 is 0 Å². The van der Waals surface area contributed by atoms with Gasteiger partial charge in [0.05, 0.1) is 12.2 Å². The average molecular weight is 248 g/mol. The molecule has 1 aromatic carbocycles. The van der Waals surface area contributed by atoms with Gasteiger partial charge in [0.1, 0.15) is 12.4 Å². The molecular formula is C13H16N2O3. The Labute approximate surface area is 106 Å². The molecular weight excluding hydrogens is 232 g/mol. The monoisotopic (exact) mass is 248 g/mol. The van der Waals surface area contributed by atoms with E-state index in [-0.39, 0.29) is 11.8 Å². The fourth-order valence-corrected chi connectivity index (χ4v) is 1.87. The van der Waals surface area contributed by atoms with Gasteiger partial charge in [-0.15, -0.1) is 0 Å². The Morgan fingerprint density at radius 1 is 1.44 bits per heavy atom. The van der Waals surface area contributed by atoms with E-state index in [1.165, 1.54) is 6.92 Å². The first-order valence-corrected chi connectivity index (χ1v) is 5.96. The van der Waals surface area contributed by atoms with Crippen molar-refractivity contribution in [3.63, 3.8) is 0 Å². The first-order chi connectivity index (χ1) is 8.61. The van der Waals surface area contributed by atoms with E-state index in [0.29, 0.717) is 31.0 Å². The van der Waals surface area contributed by atoms with Crippen LogP contribution in [0.2, 0.25) is 0 Å². The van der Waals surface area contributed by atoms with Crippen LogP contribution in [-0.4, -0.2) is 25.0 Å². The number of hydrogen-bond donors (Lipinski definition) is 1. The first-order valence-electron chi connectivity index (χ1n) is 5.96. The molecule has 0 aromatic heterocycles. The van der Waals surface area contributed by atoms with Gasteiger partial charge < -0.3 is 15.0 Å². The van der Waals surface area contributed by atoms with Gasteiger partial charge in [-0.05, 0) is 12.1 Å². The van der Waals surface area contributed by atoms with Crippen molar-refractivity contribution in [2.24, 2.45) is 0 Å². The number of rotatable bonds is 2. The number of anilines is 2. The number of nitrogens with one attached hydrogen (secondary N) is 1. The van der Waals surface area contributed by atoms with Crippen LogP contribution < -0.4 is 15.0 Å². The van der Waals surface area contributed by atoms with Crippen molar-refractivity contribution < 1.29 is 14.3 Å². The van der Waals surface area contributed by atoms with Gasteiger partial charge >= 0.3 is 0 Å². The molecule has 1 aliphatic heterocycles. The number of fused-ring (bicyclic) bond motifs is 1. The van der Waals surface area contributed by atoms with Crippen molar-refractivity contribution >= 4 is 23.2 Å². The van der Waals surface area contributed by atoms with Gasteiger partial charge in [-0.3, -0.25) is 9.59 Å². The smallest absolute Gasteiger partial charge is 0.224 e. The average Bonchev–Trinajstić information content (AvgIpc) is 2.37. The first kappa shape index (κ1) is 12.4. The quantitative estimate of drug-likeness (QED) is 0.868. The molecule has 1 heterocycles. The zero-order valence-electron chi connectivity index (χ0n) is 10.5. The second-order valence-electron chi connectivity index (χ2n) is 4.10. The van der Waals surface area contributed by atoms with Gasteiger partial charge in [0, 0.05) is 25.1 Å². The van der Waals surface area contributed by atoms with Gasteiger partial charge in [0.15, 0.2) is 0 Å². The van der Waals surface area contributed by atoms with Crippen LogP contribution in [0.5, 0.6) is 5.75 Å². The normalized spacial score (nSPS) is 13.6. The Hall–Kier alpha value is -2.04. The van der Waals surface area contributed by atoms with Crippen molar-refractivity contribution in [2.45, 2.75) is 20.3 Å². The van der Waals surface area contributed by atoms with Crippen molar-refractivity contribution in [1.82, 2.24) is 0 Å². The molecule has 0 saturated heterocycles. The molecule has 2 rings (SSSR count). The molecule has 0 atom stereocenters. The predicted octanol–water partition coefficient (Wildman–Crippen LogP) is 1.78. The molecule has 2 amide bonds. The summed E-state index contributed by atoms with van der Waals surface area (Å²) in [6, 6.07) is 5.32. The SMILES string of the molecule is CCC(=O)Nc1ccc2c(c1)OCCN2C(C)=O. The molecule has 1 aromatic rings. The standard InChI is InChI=1S/C13H16N2O3/c1-3-13(17)14-10-4-5-11-12(8-10)18-7-6-15(11)9(2)16/h4-5,8H,3,6-7H2,1-2H3,(H,14,17). The summed E-state index contributed by atoms with van der Waals surface area (Å²) >= 11 is 0. The Kier molecular flexibility index (Phi) is 3.50. The van der Waals surface area contributed by atoms with Crippen molar-refractivity contribution in [2.75, 3.05) is 23.4 Å². The molecule has 0 unspecified atom stereocenters. The van der Waals surface area contributed by atoms with Gasteiger partial charge in [-0.2, -0.15) is 0 Å².